The van der Waals surface area contributed by atoms with Gasteiger partial charge in [0.25, 0.3) is 5.91 Å². The van der Waals surface area contributed by atoms with Crippen LogP contribution in [0.1, 0.15) is 29.3 Å². The van der Waals surface area contributed by atoms with Gasteiger partial charge in [-0.2, -0.15) is 0 Å². The smallest absolute Gasteiger partial charge is 0.252 e. The Morgan fingerprint density at radius 1 is 0.960 bits per heavy atom. The third kappa shape index (κ3) is 5.63. The number of hydrogen-bond acceptors (Lipinski definition) is 2. The van der Waals surface area contributed by atoms with Gasteiger partial charge in [0.1, 0.15) is 0 Å². The van der Waals surface area contributed by atoms with Crippen molar-refractivity contribution in [2.45, 2.75) is 19.8 Å². The largest absolute Gasteiger partial charge is 0.352 e. The van der Waals surface area contributed by atoms with E-state index in [4.69, 9.17) is 34.8 Å². The highest BCUT2D eigenvalue weighted by Gasteiger charge is 2.12. The Hall–Kier alpha value is -1.75. The highest BCUT2D eigenvalue weighted by atomic mass is 35.5. The third-order valence-electron chi connectivity index (χ3n) is 3.38. The average molecular weight is 400 g/mol. The predicted molar refractivity (Wildman–Crippen MR) is 103 cm³/mol. The zero-order valence-corrected chi connectivity index (χ0v) is 15.8. The number of carbonyl (C=O) groups is 2. The molecule has 0 fully saturated rings. The fourth-order valence-electron chi connectivity index (χ4n) is 2.15. The molecule has 2 rings (SSSR count). The summed E-state index contributed by atoms with van der Waals surface area (Å²) in [7, 11) is 0. The third-order valence-corrected chi connectivity index (χ3v) is 4.43. The molecular weight excluding hydrogens is 383 g/mol. The molecule has 0 saturated heterocycles. The number of rotatable bonds is 6. The van der Waals surface area contributed by atoms with Gasteiger partial charge in [-0.15, -0.1) is 0 Å². The van der Waals surface area contributed by atoms with Gasteiger partial charge in [-0.3, -0.25) is 9.59 Å². The minimum absolute atomic E-state index is 0.146. The van der Waals surface area contributed by atoms with E-state index < -0.39 is 0 Å². The summed E-state index contributed by atoms with van der Waals surface area (Å²) in [5.41, 5.74) is 1.63. The van der Waals surface area contributed by atoms with Gasteiger partial charge in [0, 0.05) is 12.2 Å². The van der Waals surface area contributed by atoms with Crippen LogP contribution in [-0.2, 0) is 11.2 Å². The number of nitrogens with one attached hydrogen (secondary N) is 2. The summed E-state index contributed by atoms with van der Waals surface area (Å²) in [5, 5.41) is 6.62. The molecule has 2 amide bonds. The first-order chi connectivity index (χ1) is 11.9. The van der Waals surface area contributed by atoms with Crippen LogP contribution >= 0.6 is 34.8 Å². The molecule has 0 radical (unpaired) electrons. The lowest BCUT2D eigenvalue weighted by Crippen LogP contribution is -2.24. The Bertz CT molecular complexity index is 794. The molecule has 0 aromatic heterocycles. The maximum atomic E-state index is 12.1. The SMILES string of the molecule is CCCNC(=O)c1ccc(NC(=O)Cc2ccc(Cl)c(Cl)c2)cc1Cl. The molecular formula is C18H17Cl3N2O2. The van der Waals surface area contributed by atoms with Gasteiger partial charge in [0.2, 0.25) is 5.91 Å². The summed E-state index contributed by atoms with van der Waals surface area (Å²) < 4.78 is 0. The number of carbonyl (C=O) groups excluding carboxylic acids is 2. The molecule has 4 nitrogen and oxygen atoms in total. The van der Waals surface area contributed by atoms with Gasteiger partial charge in [-0.05, 0) is 42.3 Å². The Balaban J connectivity index is 2.02. The molecule has 7 heteroatoms. The normalized spacial score (nSPS) is 10.4. The van der Waals surface area contributed by atoms with Gasteiger partial charge in [-0.1, -0.05) is 47.8 Å². The van der Waals surface area contributed by atoms with E-state index in [2.05, 4.69) is 10.6 Å². The molecule has 0 aliphatic rings. The molecule has 2 aromatic carbocycles. The van der Waals surface area contributed by atoms with Crippen LogP contribution in [0.2, 0.25) is 15.1 Å². The van der Waals surface area contributed by atoms with E-state index in [1.54, 1.807) is 36.4 Å². The highest BCUT2D eigenvalue weighted by Crippen LogP contribution is 2.24. The van der Waals surface area contributed by atoms with Crippen molar-refractivity contribution >= 4 is 52.3 Å². The first-order valence-corrected chi connectivity index (χ1v) is 8.85. The van der Waals surface area contributed by atoms with E-state index in [0.29, 0.717) is 27.8 Å². The van der Waals surface area contributed by atoms with Gasteiger partial charge >= 0.3 is 0 Å². The average Bonchev–Trinajstić information content (AvgIpc) is 2.56. The summed E-state index contributed by atoms with van der Waals surface area (Å²) in [6.45, 7) is 2.55. The van der Waals surface area contributed by atoms with Crippen LogP contribution in [0.15, 0.2) is 36.4 Å². The van der Waals surface area contributed by atoms with E-state index in [0.717, 1.165) is 12.0 Å². The van der Waals surface area contributed by atoms with Crippen molar-refractivity contribution in [1.29, 1.82) is 0 Å². The Kier molecular flexibility index (Phi) is 7.12. The molecule has 2 aromatic rings. The van der Waals surface area contributed by atoms with Crippen LogP contribution < -0.4 is 10.6 Å². The van der Waals surface area contributed by atoms with Crippen LogP contribution in [0.25, 0.3) is 0 Å². The van der Waals surface area contributed by atoms with Crippen molar-refractivity contribution in [3.05, 3.63) is 62.6 Å². The lowest BCUT2D eigenvalue weighted by Gasteiger charge is -2.09. The minimum Gasteiger partial charge on any atom is -0.352 e. The zero-order chi connectivity index (χ0) is 18.4. The summed E-state index contributed by atoms with van der Waals surface area (Å²) in [6.07, 6.45) is 0.986. The summed E-state index contributed by atoms with van der Waals surface area (Å²) in [5.74, 6) is -0.460. The second-order valence-corrected chi connectivity index (χ2v) is 6.65. The van der Waals surface area contributed by atoms with Gasteiger partial charge < -0.3 is 10.6 Å². The van der Waals surface area contributed by atoms with Gasteiger partial charge in [0.15, 0.2) is 0 Å². The van der Waals surface area contributed by atoms with Crippen LogP contribution in [0.3, 0.4) is 0 Å². The first kappa shape index (κ1) is 19.6. The van der Waals surface area contributed by atoms with Crippen molar-refractivity contribution in [3.8, 4) is 0 Å². The lowest BCUT2D eigenvalue weighted by molar-refractivity contribution is -0.115. The monoisotopic (exact) mass is 398 g/mol. The number of hydrogen-bond donors (Lipinski definition) is 2. The van der Waals surface area contributed by atoms with Crippen LogP contribution in [0.5, 0.6) is 0 Å². The summed E-state index contributed by atoms with van der Waals surface area (Å²) in [6, 6.07) is 9.81. The molecule has 0 spiro atoms. The molecule has 2 N–H and O–H groups in total. The second-order valence-electron chi connectivity index (χ2n) is 5.42. The lowest BCUT2D eigenvalue weighted by atomic mass is 10.1. The summed E-state index contributed by atoms with van der Waals surface area (Å²) >= 11 is 17.9. The second kappa shape index (κ2) is 9.09. The van der Waals surface area contributed by atoms with Crippen molar-refractivity contribution in [2.75, 3.05) is 11.9 Å². The maximum Gasteiger partial charge on any atom is 0.252 e. The molecule has 0 aliphatic heterocycles. The molecule has 0 aliphatic carbocycles. The van der Waals surface area contributed by atoms with Crippen molar-refractivity contribution in [3.63, 3.8) is 0 Å². The van der Waals surface area contributed by atoms with E-state index in [1.165, 1.54) is 0 Å². The Morgan fingerprint density at radius 2 is 1.72 bits per heavy atom. The molecule has 0 bridgehead atoms. The van der Waals surface area contributed by atoms with Gasteiger partial charge in [-0.25, -0.2) is 0 Å². The van der Waals surface area contributed by atoms with Crippen LogP contribution in [-0.4, -0.2) is 18.4 Å². The molecule has 0 unspecified atom stereocenters. The number of amides is 2. The number of anilines is 1. The first-order valence-electron chi connectivity index (χ1n) is 7.72. The molecule has 132 valence electrons. The standard InChI is InChI=1S/C18H17Cl3N2O2/c1-2-7-22-18(25)13-5-4-12(10-15(13)20)23-17(24)9-11-3-6-14(19)16(21)8-11/h3-6,8,10H,2,7,9H2,1H3,(H,22,25)(H,23,24). The van der Waals surface area contributed by atoms with Crippen molar-refractivity contribution in [1.82, 2.24) is 5.32 Å². The summed E-state index contributed by atoms with van der Waals surface area (Å²) in [4.78, 5) is 24.1. The van der Waals surface area contributed by atoms with E-state index in [-0.39, 0.29) is 23.3 Å². The van der Waals surface area contributed by atoms with Gasteiger partial charge in [0.05, 0.1) is 27.1 Å². The number of halogens is 3. The zero-order valence-electron chi connectivity index (χ0n) is 13.5. The minimum atomic E-state index is -0.236. The van der Waals surface area contributed by atoms with E-state index in [1.807, 2.05) is 6.92 Å². The Labute approximate surface area is 161 Å². The molecule has 0 saturated carbocycles. The fourth-order valence-corrected chi connectivity index (χ4v) is 2.74. The molecule has 25 heavy (non-hydrogen) atoms. The number of benzene rings is 2. The fraction of sp³-hybridized carbons (Fsp3) is 0.222. The van der Waals surface area contributed by atoms with Crippen LogP contribution in [0.4, 0.5) is 5.69 Å². The maximum absolute atomic E-state index is 12.1. The highest BCUT2D eigenvalue weighted by molar-refractivity contribution is 6.42. The molecule has 0 heterocycles. The molecule has 0 atom stereocenters. The van der Waals surface area contributed by atoms with Crippen molar-refractivity contribution < 1.29 is 9.59 Å². The van der Waals surface area contributed by atoms with E-state index >= 15 is 0 Å². The van der Waals surface area contributed by atoms with Crippen molar-refractivity contribution in [2.24, 2.45) is 0 Å². The van der Waals surface area contributed by atoms with Crippen LogP contribution in [0, 0.1) is 0 Å². The predicted octanol–water partition coefficient (Wildman–Crippen LogP) is 4.97. The Morgan fingerprint density at radius 3 is 2.36 bits per heavy atom. The topological polar surface area (TPSA) is 58.2 Å². The quantitative estimate of drug-likeness (QED) is 0.720. The van der Waals surface area contributed by atoms with E-state index in [9.17, 15) is 9.59 Å².